The average Bonchev–Trinajstić information content (AvgIpc) is 2.96. The van der Waals surface area contributed by atoms with Crippen LogP contribution in [0.2, 0.25) is 0 Å². The summed E-state index contributed by atoms with van der Waals surface area (Å²) in [6.07, 6.45) is 9.29. The Kier molecular flexibility index (Phi) is 4.36. The highest BCUT2D eigenvalue weighted by molar-refractivity contribution is 5.96. The van der Waals surface area contributed by atoms with Crippen LogP contribution in [0, 0.1) is 11.8 Å². The molecular weight excluding hydrogens is 256 g/mol. The van der Waals surface area contributed by atoms with Gasteiger partial charge in [-0.1, -0.05) is 36.1 Å². The van der Waals surface area contributed by atoms with Crippen LogP contribution < -0.4 is 0 Å². The van der Waals surface area contributed by atoms with Crippen molar-refractivity contribution in [2.75, 3.05) is 0 Å². The molecule has 0 heterocycles. The van der Waals surface area contributed by atoms with Gasteiger partial charge in [-0.15, -0.1) is 0 Å². The standard InChI is InChI=1S/C20H20O/c21-20-12-5-4-9-19(20)15-18-11-6-10-17(18)14-13-16-7-2-1-3-8-16/h1-3,7-8,15H,4-6,9-12H2/b19-15-. The summed E-state index contributed by atoms with van der Waals surface area (Å²) in [4.78, 5) is 11.9. The van der Waals surface area contributed by atoms with Crippen molar-refractivity contribution in [2.45, 2.75) is 44.9 Å². The second kappa shape index (κ2) is 6.59. The monoisotopic (exact) mass is 276 g/mol. The van der Waals surface area contributed by atoms with Gasteiger partial charge >= 0.3 is 0 Å². The van der Waals surface area contributed by atoms with Gasteiger partial charge in [0, 0.05) is 17.6 Å². The zero-order valence-corrected chi connectivity index (χ0v) is 12.3. The van der Waals surface area contributed by atoms with E-state index in [1.165, 1.54) is 11.1 Å². The van der Waals surface area contributed by atoms with Gasteiger partial charge in [-0.25, -0.2) is 0 Å². The van der Waals surface area contributed by atoms with Crippen molar-refractivity contribution in [1.29, 1.82) is 0 Å². The molecule has 1 aromatic rings. The number of hydrogen-bond donors (Lipinski definition) is 0. The van der Waals surface area contributed by atoms with Crippen molar-refractivity contribution >= 4 is 5.78 Å². The number of carbonyl (C=O) groups is 1. The molecule has 3 rings (SSSR count). The Bertz CT molecular complexity index is 650. The van der Waals surface area contributed by atoms with Crippen LogP contribution in [0.15, 0.2) is 53.1 Å². The lowest BCUT2D eigenvalue weighted by atomic mass is 9.91. The Balaban J connectivity index is 1.84. The first-order valence-corrected chi connectivity index (χ1v) is 7.86. The number of rotatable bonds is 1. The SMILES string of the molecule is O=C1CCCC/C1=C/C1=C(C#Cc2ccccc2)CCC1. The van der Waals surface area contributed by atoms with E-state index in [9.17, 15) is 4.79 Å². The molecule has 1 nitrogen and oxygen atoms in total. The molecule has 0 aromatic heterocycles. The first-order chi connectivity index (χ1) is 10.3. The summed E-state index contributed by atoms with van der Waals surface area (Å²) >= 11 is 0. The molecule has 0 aliphatic heterocycles. The fourth-order valence-corrected chi connectivity index (χ4v) is 3.00. The van der Waals surface area contributed by atoms with Gasteiger partial charge in [-0.3, -0.25) is 4.79 Å². The van der Waals surface area contributed by atoms with Gasteiger partial charge in [-0.2, -0.15) is 0 Å². The van der Waals surface area contributed by atoms with Gasteiger partial charge in [-0.05, 0) is 61.8 Å². The van der Waals surface area contributed by atoms with E-state index in [-0.39, 0.29) is 0 Å². The first kappa shape index (κ1) is 13.9. The predicted molar refractivity (Wildman–Crippen MR) is 85.8 cm³/mol. The molecule has 106 valence electrons. The Hall–Kier alpha value is -2.07. The molecule has 1 saturated carbocycles. The van der Waals surface area contributed by atoms with Crippen molar-refractivity contribution < 1.29 is 4.79 Å². The average molecular weight is 276 g/mol. The van der Waals surface area contributed by atoms with Crippen LogP contribution in [-0.2, 0) is 4.79 Å². The fraction of sp³-hybridized carbons (Fsp3) is 0.350. The third-order valence-corrected chi connectivity index (χ3v) is 4.20. The number of carbonyl (C=O) groups excluding carboxylic acids is 1. The highest BCUT2D eigenvalue weighted by Gasteiger charge is 2.17. The summed E-state index contributed by atoms with van der Waals surface area (Å²) in [7, 11) is 0. The van der Waals surface area contributed by atoms with E-state index in [1.54, 1.807) is 0 Å². The minimum Gasteiger partial charge on any atom is -0.295 e. The molecule has 1 aromatic carbocycles. The molecule has 21 heavy (non-hydrogen) atoms. The molecule has 0 atom stereocenters. The first-order valence-electron chi connectivity index (χ1n) is 7.86. The summed E-state index contributed by atoms with van der Waals surface area (Å²) in [6.45, 7) is 0. The molecule has 0 unspecified atom stereocenters. The molecule has 0 amide bonds. The van der Waals surface area contributed by atoms with Crippen molar-refractivity contribution in [2.24, 2.45) is 0 Å². The van der Waals surface area contributed by atoms with Crippen LogP contribution in [0.1, 0.15) is 50.5 Å². The lowest BCUT2D eigenvalue weighted by molar-refractivity contribution is -0.116. The minimum absolute atomic E-state index is 0.344. The van der Waals surface area contributed by atoms with Gasteiger partial charge in [0.2, 0.25) is 0 Å². The normalized spacial score (nSPS) is 20.6. The van der Waals surface area contributed by atoms with Crippen LogP contribution in [0.5, 0.6) is 0 Å². The van der Waals surface area contributed by atoms with E-state index in [4.69, 9.17) is 0 Å². The number of Topliss-reactive ketones (excluding diaryl/α,β-unsaturated/α-hetero) is 1. The highest BCUT2D eigenvalue weighted by atomic mass is 16.1. The van der Waals surface area contributed by atoms with Gasteiger partial charge in [0.15, 0.2) is 5.78 Å². The van der Waals surface area contributed by atoms with Gasteiger partial charge in [0.05, 0.1) is 0 Å². The van der Waals surface area contributed by atoms with E-state index in [0.29, 0.717) is 5.78 Å². The quantitative estimate of drug-likeness (QED) is 0.541. The summed E-state index contributed by atoms with van der Waals surface area (Å²) in [5.41, 5.74) is 4.60. The molecule has 0 N–H and O–H groups in total. The van der Waals surface area contributed by atoms with Crippen molar-refractivity contribution in [3.05, 3.63) is 58.7 Å². The zero-order valence-electron chi connectivity index (χ0n) is 12.3. The molecule has 0 radical (unpaired) electrons. The van der Waals surface area contributed by atoms with Crippen molar-refractivity contribution in [1.82, 2.24) is 0 Å². The molecule has 1 fully saturated rings. The van der Waals surface area contributed by atoms with E-state index in [1.807, 2.05) is 30.3 Å². The lowest BCUT2D eigenvalue weighted by Gasteiger charge is -2.12. The van der Waals surface area contributed by atoms with E-state index in [2.05, 4.69) is 17.9 Å². The zero-order chi connectivity index (χ0) is 14.5. The Morgan fingerprint density at radius 2 is 1.67 bits per heavy atom. The number of benzene rings is 1. The van der Waals surface area contributed by atoms with Crippen LogP contribution in [0.25, 0.3) is 0 Å². The second-order valence-electron chi connectivity index (χ2n) is 5.77. The maximum Gasteiger partial charge on any atom is 0.158 e. The smallest absolute Gasteiger partial charge is 0.158 e. The van der Waals surface area contributed by atoms with Crippen molar-refractivity contribution in [3.63, 3.8) is 0 Å². The Morgan fingerprint density at radius 3 is 2.48 bits per heavy atom. The van der Waals surface area contributed by atoms with E-state index >= 15 is 0 Å². The van der Waals surface area contributed by atoms with E-state index < -0.39 is 0 Å². The minimum atomic E-state index is 0.344. The third-order valence-electron chi connectivity index (χ3n) is 4.20. The molecule has 2 aliphatic carbocycles. The van der Waals surface area contributed by atoms with Crippen molar-refractivity contribution in [3.8, 4) is 11.8 Å². The van der Waals surface area contributed by atoms with E-state index in [0.717, 1.165) is 56.1 Å². The number of ketones is 1. The highest BCUT2D eigenvalue weighted by Crippen LogP contribution is 2.30. The van der Waals surface area contributed by atoms with Crippen LogP contribution in [0.4, 0.5) is 0 Å². The predicted octanol–water partition coefficient (Wildman–Crippen LogP) is 4.59. The Morgan fingerprint density at radius 1 is 0.857 bits per heavy atom. The molecule has 2 aliphatic rings. The molecule has 0 bridgehead atoms. The summed E-state index contributed by atoms with van der Waals surface area (Å²) in [5, 5.41) is 0. The summed E-state index contributed by atoms with van der Waals surface area (Å²) < 4.78 is 0. The lowest BCUT2D eigenvalue weighted by Crippen LogP contribution is -2.08. The maximum atomic E-state index is 11.9. The topological polar surface area (TPSA) is 17.1 Å². The maximum absolute atomic E-state index is 11.9. The fourth-order valence-electron chi connectivity index (χ4n) is 3.00. The van der Waals surface area contributed by atoms with Crippen LogP contribution >= 0.6 is 0 Å². The van der Waals surface area contributed by atoms with Gasteiger partial charge in [0.1, 0.15) is 0 Å². The largest absolute Gasteiger partial charge is 0.295 e. The van der Waals surface area contributed by atoms with Crippen LogP contribution in [0.3, 0.4) is 0 Å². The van der Waals surface area contributed by atoms with Gasteiger partial charge in [0.25, 0.3) is 0 Å². The molecule has 1 heteroatoms. The molecule has 0 saturated heterocycles. The summed E-state index contributed by atoms with van der Waals surface area (Å²) in [5.74, 6) is 6.91. The Labute approximate surface area is 126 Å². The summed E-state index contributed by atoms with van der Waals surface area (Å²) in [6, 6.07) is 10.1. The number of allylic oxidation sites excluding steroid dienone is 4. The second-order valence-corrected chi connectivity index (χ2v) is 5.77. The van der Waals surface area contributed by atoms with Gasteiger partial charge < -0.3 is 0 Å². The number of hydrogen-bond acceptors (Lipinski definition) is 1. The van der Waals surface area contributed by atoms with Crippen LogP contribution in [-0.4, -0.2) is 5.78 Å². The molecule has 0 spiro atoms. The third kappa shape index (κ3) is 3.52. The molecular formula is C20H20O.